The molecule has 0 radical (unpaired) electrons. The molecule has 1 N–H and O–H groups in total. The third-order valence-corrected chi connectivity index (χ3v) is 4.03. The van der Waals surface area contributed by atoms with Gasteiger partial charge in [0.05, 0.1) is 0 Å². The van der Waals surface area contributed by atoms with Crippen molar-refractivity contribution in [2.45, 2.75) is 46.1 Å². The lowest BCUT2D eigenvalue weighted by molar-refractivity contribution is -0.144. The van der Waals surface area contributed by atoms with Crippen LogP contribution in [0, 0.1) is 5.92 Å². The van der Waals surface area contributed by atoms with Gasteiger partial charge in [0, 0.05) is 19.5 Å². The highest BCUT2D eigenvalue weighted by Gasteiger charge is 2.34. The largest absolute Gasteiger partial charge is 0.352 e. The number of benzene rings is 1. The number of hydrogen-bond donors (Lipinski definition) is 1. The van der Waals surface area contributed by atoms with Crippen LogP contribution in [0.15, 0.2) is 24.3 Å². The zero-order valence-electron chi connectivity index (χ0n) is 13.9. The van der Waals surface area contributed by atoms with Crippen molar-refractivity contribution < 1.29 is 9.59 Å². The molecule has 0 aromatic heterocycles. The lowest BCUT2D eigenvalue weighted by Gasteiger charge is -2.36. The van der Waals surface area contributed by atoms with E-state index in [9.17, 15) is 9.59 Å². The van der Waals surface area contributed by atoms with Crippen molar-refractivity contribution in [3.8, 4) is 0 Å². The predicted octanol–water partition coefficient (Wildman–Crippen LogP) is 2.86. The van der Waals surface area contributed by atoms with E-state index in [-0.39, 0.29) is 11.8 Å². The van der Waals surface area contributed by atoms with Crippen LogP contribution in [-0.2, 0) is 9.59 Å². The number of piperazine rings is 1. The van der Waals surface area contributed by atoms with E-state index >= 15 is 0 Å². The normalized spacial score (nSPS) is 18.7. The Kier molecular flexibility index (Phi) is 5.22. The number of hydrogen-bond acceptors (Lipinski definition) is 2. The number of nitrogens with one attached hydrogen (secondary N) is 1. The zero-order chi connectivity index (χ0) is 16.3. The van der Waals surface area contributed by atoms with Crippen LogP contribution in [0.5, 0.6) is 0 Å². The standard InChI is InChI=1S/C18H26N2O2/c1-12(2)11-16(21)20-10-9-19-18(22)17(20)15-7-5-14(6-8-15)13(3)4/h5-8,12-13,17H,9-11H2,1-4H3,(H,19,22). The van der Waals surface area contributed by atoms with Crippen LogP contribution in [0.4, 0.5) is 0 Å². The molecule has 1 aromatic carbocycles. The third-order valence-electron chi connectivity index (χ3n) is 4.03. The number of carbonyl (C=O) groups excluding carboxylic acids is 2. The SMILES string of the molecule is CC(C)CC(=O)N1CCNC(=O)C1c1ccc(C(C)C)cc1. The van der Waals surface area contributed by atoms with Gasteiger partial charge in [0.1, 0.15) is 6.04 Å². The molecule has 2 rings (SSSR count). The van der Waals surface area contributed by atoms with Gasteiger partial charge < -0.3 is 10.2 Å². The summed E-state index contributed by atoms with van der Waals surface area (Å²) in [7, 11) is 0. The average Bonchev–Trinajstić information content (AvgIpc) is 2.46. The minimum Gasteiger partial charge on any atom is -0.352 e. The molecule has 0 aliphatic carbocycles. The molecule has 0 spiro atoms. The highest BCUT2D eigenvalue weighted by Crippen LogP contribution is 2.26. The minimum atomic E-state index is -0.499. The summed E-state index contributed by atoms with van der Waals surface area (Å²) in [5, 5.41) is 2.87. The van der Waals surface area contributed by atoms with Crippen LogP contribution in [0.1, 0.15) is 57.2 Å². The molecule has 1 fully saturated rings. The molecule has 4 nitrogen and oxygen atoms in total. The fraction of sp³-hybridized carbons (Fsp3) is 0.556. The zero-order valence-corrected chi connectivity index (χ0v) is 13.9. The highest BCUT2D eigenvalue weighted by atomic mass is 16.2. The van der Waals surface area contributed by atoms with Crippen molar-refractivity contribution in [1.29, 1.82) is 0 Å². The van der Waals surface area contributed by atoms with E-state index < -0.39 is 6.04 Å². The van der Waals surface area contributed by atoms with Crippen molar-refractivity contribution >= 4 is 11.8 Å². The molecule has 1 saturated heterocycles. The second-order valence-electron chi connectivity index (χ2n) is 6.70. The van der Waals surface area contributed by atoms with Crippen molar-refractivity contribution in [2.24, 2.45) is 5.92 Å². The smallest absolute Gasteiger partial charge is 0.247 e. The van der Waals surface area contributed by atoms with E-state index in [0.717, 1.165) is 5.56 Å². The quantitative estimate of drug-likeness (QED) is 0.929. The fourth-order valence-electron chi connectivity index (χ4n) is 2.80. The average molecular weight is 302 g/mol. The summed E-state index contributed by atoms with van der Waals surface area (Å²) >= 11 is 0. The van der Waals surface area contributed by atoms with Gasteiger partial charge in [-0.1, -0.05) is 52.0 Å². The maximum atomic E-state index is 12.5. The van der Waals surface area contributed by atoms with Gasteiger partial charge in [0.2, 0.25) is 11.8 Å². The maximum Gasteiger partial charge on any atom is 0.247 e. The topological polar surface area (TPSA) is 49.4 Å². The molecule has 4 heteroatoms. The van der Waals surface area contributed by atoms with Crippen LogP contribution in [0.3, 0.4) is 0 Å². The van der Waals surface area contributed by atoms with Crippen LogP contribution < -0.4 is 5.32 Å². The Morgan fingerprint density at radius 1 is 1.23 bits per heavy atom. The number of rotatable bonds is 4. The molecular formula is C18H26N2O2. The number of nitrogens with zero attached hydrogens (tertiary/aromatic N) is 1. The van der Waals surface area contributed by atoms with Crippen LogP contribution in [-0.4, -0.2) is 29.8 Å². The van der Waals surface area contributed by atoms with E-state index in [0.29, 0.717) is 31.3 Å². The van der Waals surface area contributed by atoms with E-state index in [1.807, 2.05) is 38.1 Å². The Hall–Kier alpha value is -1.84. The van der Waals surface area contributed by atoms with Gasteiger partial charge in [-0.3, -0.25) is 9.59 Å². The Balaban J connectivity index is 2.26. The van der Waals surface area contributed by atoms with E-state index in [2.05, 4.69) is 19.2 Å². The lowest BCUT2D eigenvalue weighted by Crippen LogP contribution is -2.52. The van der Waals surface area contributed by atoms with Crippen molar-refractivity contribution in [2.75, 3.05) is 13.1 Å². The summed E-state index contributed by atoms with van der Waals surface area (Å²) in [6, 6.07) is 7.54. The second-order valence-corrected chi connectivity index (χ2v) is 6.70. The molecular weight excluding hydrogens is 276 g/mol. The summed E-state index contributed by atoms with van der Waals surface area (Å²) in [6.07, 6.45) is 0.480. The first-order chi connectivity index (χ1) is 10.4. The van der Waals surface area contributed by atoms with Crippen molar-refractivity contribution in [1.82, 2.24) is 10.2 Å². The van der Waals surface area contributed by atoms with Crippen molar-refractivity contribution in [3.63, 3.8) is 0 Å². The molecule has 0 saturated carbocycles. The summed E-state index contributed by atoms with van der Waals surface area (Å²) in [6.45, 7) is 9.43. The number of amides is 2. The molecule has 1 aliphatic heterocycles. The van der Waals surface area contributed by atoms with Gasteiger partial charge in [-0.15, -0.1) is 0 Å². The van der Waals surface area contributed by atoms with E-state index in [1.165, 1.54) is 5.56 Å². The molecule has 22 heavy (non-hydrogen) atoms. The second kappa shape index (κ2) is 6.95. The summed E-state index contributed by atoms with van der Waals surface area (Å²) in [5.41, 5.74) is 2.12. The van der Waals surface area contributed by atoms with Crippen LogP contribution in [0.2, 0.25) is 0 Å². The summed E-state index contributed by atoms with van der Waals surface area (Å²) in [4.78, 5) is 26.5. The Morgan fingerprint density at radius 2 is 1.86 bits per heavy atom. The van der Waals surface area contributed by atoms with Gasteiger partial charge >= 0.3 is 0 Å². The van der Waals surface area contributed by atoms with Crippen LogP contribution in [0.25, 0.3) is 0 Å². The monoisotopic (exact) mass is 302 g/mol. The predicted molar refractivity (Wildman–Crippen MR) is 87.4 cm³/mol. The number of carbonyl (C=O) groups is 2. The van der Waals surface area contributed by atoms with E-state index in [4.69, 9.17) is 0 Å². The first-order valence-corrected chi connectivity index (χ1v) is 8.07. The van der Waals surface area contributed by atoms with Crippen molar-refractivity contribution in [3.05, 3.63) is 35.4 Å². The fourth-order valence-corrected chi connectivity index (χ4v) is 2.80. The first kappa shape index (κ1) is 16.5. The molecule has 1 atom stereocenters. The molecule has 120 valence electrons. The molecule has 1 unspecified atom stereocenters. The summed E-state index contributed by atoms with van der Waals surface area (Å²) < 4.78 is 0. The highest BCUT2D eigenvalue weighted by molar-refractivity contribution is 5.89. The Morgan fingerprint density at radius 3 is 2.41 bits per heavy atom. The van der Waals surface area contributed by atoms with Gasteiger partial charge in [-0.05, 0) is 23.0 Å². The van der Waals surface area contributed by atoms with Gasteiger partial charge in [0.25, 0.3) is 0 Å². The maximum absolute atomic E-state index is 12.5. The minimum absolute atomic E-state index is 0.0581. The van der Waals surface area contributed by atoms with Gasteiger partial charge in [-0.25, -0.2) is 0 Å². The third kappa shape index (κ3) is 3.67. The van der Waals surface area contributed by atoms with Gasteiger partial charge in [-0.2, -0.15) is 0 Å². The summed E-state index contributed by atoms with van der Waals surface area (Å²) in [5.74, 6) is 0.720. The molecule has 1 aliphatic rings. The van der Waals surface area contributed by atoms with Crippen LogP contribution >= 0.6 is 0 Å². The van der Waals surface area contributed by atoms with E-state index in [1.54, 1.807) is 4.90 Å². The van der Waals surface area contributed by atoms with Gasteiger partial charge in [0.15, 0.2) is 0 Å². The molecule has 2 amide bonds. The molecule has 1 aromatic rings. The first-order valence-electron chi connectivity index (χ1n) is 8.07. The lowest BCUT2D eigenvalue weighted by atomic mass is 9.96. The Labute approximate surface area is 132 Å². The Bertz CT molecular complexity index is 535. The molecule has 0 bridgehead atoms. The molecule has 1 heterocycles.